The number of rotatable bonds is 2. The van der Waals surface area contributed by atoms with Crippen molar-refractivity contribution in [1.29, 1.82) is 5.26 Å². The minimum atomic E-state index is -0.857. The topological polar surface area (TPSA) is 50.1 Å². The minimum absolute atomic E-state index is 0.525. The lowest BCUT2D eigenvalue weighted by atomic mass is 9.97. The molecule has 0 saturated heterocycles. The van der Waals surface area contributed by atoms with Gasteiger partial charge in [-0.15, -0.1) is 0 Å². The van der Waals surface area contributed by atoms with Crippen LogP contribution in [0.5, 0.6) is 0 Å². The van der Waals surface area contributed by atoms with Gasteiger partial charge in [-0.1, -0.05) is 36.4 Å². The maximum Gasteiger partial charge on any atom is 0.327 e. The van der Waals surface area contributed by atoms with Gasteiger partial charge in [0.25, 0.3) is 0 Å². The zero-order chi connectivity index (χ0) is 12.3. The Hall–Kier alpha value is -2.34. The molecule has 0 aliphatic heterocycles. The van der Waals surface area contributed by atoms with Crippen molar-refractivity contribution in [3.63, 3.8) is 0 Å². The third-order valence-corrected chi connectivity index (χ3v) is 2.67. The van der Waals surface area contributed by atoms with Crippen LogP contribution in [0.4, 0.5) is 0 Å². The Labute approximate surface area is 99.2 Å². The summed E-state index contributed by atoms with van der Waals surface area (Å²) >= 11 is 0. The smallest absolute Gasteiger partial charge is 0.327 e. The lowest BCUT2D eigenvalue weighted by Crippen LogP contribution is -2.12. The lowest BCUT2D eigenvalue weighted by Gasteiger charge is -2.08. The van der Waals surface area contributed by atoms with Crippen molar-refractivity contribution in [2.45, 2.75) is 5.92 Å². The van der Waals surface area contributed by atoms with Crippen molar-refractivity contribution in [3.05, 3.63) is 48.0 Å². The summed E-state index contributed by atoms with van der Waals surface area (Å²) in [5.74, 6) is -1.38. The van der Waals surface area contributed by atoms with Gasteiger partial charge in [0.1, 0.15) is 0 Å². The fourth-order valence-corrected chi connectivity index (χ4v) is 1.77. The summed E-state index contributed by atoms with van der Waals surface area (Å²) in [4.78, 5) is 11.4. The van der Waals surface area contributed by atoms with Crippen molar-refractivity contribution in [3.8, 4) is 6.07 Å². The number of carbonyl (C=O) groups is 1. The van der Waals surface area contributed by atoms with Gasteiger partial charge < -0.3 is 4.74 Å². The summed E-state index contributed by atoms with van der Waals surface area (Å²) in [6.45, 7) is 0. The normalized spacial score (nSPS) is 11.8. The number of carbonyl (C=O) groups excluding carboxylic acids is 1. The van der Waals surface area contributed by atoms with Gasteiger partial charge in [0, 0.05) is 0 Å². The van der Waals surface area contributed by atoms with E-state index in [1.807, 2.05) is 42.5 Å². The molecule has 0 radical (unpaired) electrons. The summed E-state index contributed by atoms with van der Waals surface area (Å²) in [7, 11) is 1.29. The second-order valence-electron chi connectivity index (χ2n) is 3.69. The second kappa shape index (κ2) is 4.67. The van der Waals surface area contributed by atoms with Crippen molar-refractivity contribution in [2.24, 2.45) is 0 Å². The van der Waals surface area contributed by atoms with Gasteiger partial charge in [-0.3, -0.25) is 4.79 Å². The Morgan fingerprint density at radius 2 is 1.94 bits per heavy atom. The van der Waals surface area contributed by atoms with E-state index in [0.29, 0.717) is 5.56 Å². The third-order valence-electron chi connectivity index (χ3n) is 2.67. The van der Waals surface area contributed by atoms with Crippen LogP contribution in [-0.4, -0.2) is 13.1 Å². The maximum absolute atomic E-state index is 11.4. The summed E-state index contributed by atoms with van der Waals surface area (Å²) in [6, 6.07) is 15.3. The van der Waals surface area contributed by atoms with Crippen LogP contribution in [0.25, 0.3) is 10.8 Å². The Bertz CT molecular complexity index is 598. The van der Waals surface area contributed by atoms with Crippen LogP contribution in [0.1, 0.15) is 11.5 Å². The van der Waals surface area contributed by atoms with Gasteiger partial charge in [0.2, 0.25) is 0 Å². The maximum atomic E-state index is 11.4. The number of ether oxygens (including phenoxy) is 1. The zero-order valence-corrected chi connectivity index (χ0v) is 9.38. The van der Waals surface area contributed by atoms with Crippen LogP contribution < -0.4 is 0 Å². The molecule has 0 spiro atoms. The molecule has 0 amide bonds. The van der Waals surface area contributed by atoms with Gasteiger partial charge >= 0.3 is 5.97 Å². The van der Waals surface area contributed by atoms with Gasteiger partial charge in [-0.2, -0.15) is 5.26 Å². The van der Waals surface area contributed by atoms with Crippen molar-refractivity contribution >= 4 is 16.7 Å². The number of nitriles is 1. The number of methoxy groups -OCH3 is 1. The van der Waals surface area contributed by atoms with E-state index in [2.05, 4.69) is 4.74 Å². The zero-order valence-electron chi connectivity index (χ0n) is 9.38. The first-order valence-electron chi connectivity index (χ1n) is 5.22. The fraction of sp³-hybridized carbons (Fsp3) is 0.143. The van der Waals surface area contributed by atoms with Crippen molar-refractivity contribution in [1.82, 2.24) is 0 Å². The molecule has 17 heavy (non-hydrogen) atoms. The van der Waals surface area contributed by atoms with E-state index < -0.39 is 11.9 Å². The monoisotopic (exact) mass is 225 g/mol. The Balaban J connectivity index is 2.49. The molecule has 2 aromatic carbocycles. The standard InChI is InChI=1S/C14H11NO2/c1-17-14(16)13(9-15)12-7-6-10-4-2-3-5-11(10)8-12/h2-8,13H,1H3. The fourth-order valence-electron chi connectivity index (χ4n) is 1.77. The Morgan fingerprint density at radius 1 is 1.24 bits per heavy atom. The van der Waals surface area contributed by atoms with Crippen LogP contribution in [0.2, 0.25) is 0 Å². The largest absolute Gasteiger partial charge is 0.468 e. The number of hydrogen-bond acceptors (Lipinski definition) is 3. The second-order valence-corrected chi connectivity index (χ2v) is 3.69. The highest BCUT2D eigenvalue weighted by molar-refractivity contribution is 5.87. The lowest BCUT2D eigenvalue weighted by molar-refractivity contribution is -0.140. The van der Waals surface area contributed by atoms with E-state index in [1.165, 1.54) is 7.11 Å². The highest BCUT2D eigenvalue weighted by Gasteiger charge is 2.20. The summed E-state index contributed by atoms with van der Waals surface area (Å²) < 4.78 is 4.61. The predicted molar refractivity (Wildman–Crippen MR) is 64.3 cm³/mol. The van der Waals surface area contributed by atoms with E-state index in [9.17, 15) is 4.79 Å². The van der Waals surface area contributed by atoms with E-state index in [0.717, 1.165) is 10.8 Å². The molecule has 3 nitrogen and oxygen atoms in total. The molecule has 1 atom stereocenters. The first-order valence-corrected chi connectivity index (χ1v) is 5.22. The summed E-state index contributed by atoms with van der Waals surface area (Å²) in [6.07, 6.45) is 0. The minimum Gasteiger partial charge on any atom is -0.468 e. The van der Waals surface area contributed by atoms with E-state index in [4.69, 9.17) is 5.26 Å². The van der Waals surface area contributed by atoms with Crippen LogP contribution in [-0.2, 0) is 9.53 Å². The highest BCUT2D eigenvalue weighted by Crippen LogP contribution is 2.22. The number of fused-ring (bicyclic) bond motifs is 1. The first-order chi connectivity index (χ1) is 8.26. The molecule has 3 heteroatoms. The Morgan fingerprint density at radius 3 is 2.59 bits per heavy atom. The quantitative estimate of drug-likeness (QED) is 0.738. The molecule has 0 fully saturated rings. The SMILES string of the molecule is COC(=O)C(C#N)c1ccc2ccccc2c1. The number of esters is 1. The molecular formula is C14H11NO2. The molecule has 0 aliphatic carbocycles. The molecule has 0 bridgehead atoms. The summed E-state index contributed by atoms with van der Waals surface area (Å²) in [5, 5.41) is 11.1. The summed E-state index contributed by atoms with van der Waals surface area (Å²) in [5.41, 5.74) is 0.665. The highest BCUT2D eigenvalue weighted by atomic mass is 16.5. The number of nitrogens with zero attached hydrogens (tertiary/aromatic N) is 1. The molecular weight excluding hydrogens is 214 g/mol. The van der Waals surface area contributed by atoms with Gasteiger partial charge in [0.15, 0.2) is 5.92 Å². The molecule has 2 aromatic rings. The van der Waals surface area contributed by atoms with Crippen LogP contribution in [0.15, 0.2) is 42.5 Å². The Kier molecular flexibility index (Phi) is 3.06. The van der Waals surface area contributed by atoms with Crippen molar-refractivity contribution < 1.29 is 9.53 Å². The average Bonchev–Trinajstić information content (AvgIpc) is 2.39. The van der Waals surface area contributed by atoms with Crippen LogP contribution in [0.3, 0.4) is 0 Å². The molecule has 0 saturated carbocycles. The molecule has 84 valence electrons. The van der Waals surface area contributed by atoms with Crippen molar-refractivity contribution in [2.75, 3.05) is 7.11 Å². The molecule has 0 heterocycles. The van der Waals surface area contributed by atoms with E-state index >= 15 is 0 Å². The van der Waals surface area contributed by atoms with E-state index in [1.54, 1.807) is 6.07 Å². The average molecular weight is 225 g/mol. The number of benzene rings is 2. The van der Waals surface area contributed by atoms with Gasteiger partial charge in [0.05, 0.1) is 13.2 Å². The van der Waals surface area contributed by atoms with Crippen LogP contribution >= 0.6 is 0 Å². The number of hydrogen-bond donors (Lipinski definition) is 0. The molecule has 1 unspecified atom stereocenters. The van der Waals surface area contributed by atoms with Gasteiger partial charge in [-0.25, -0.2) is 0 Å². The predicted octanol–water partition coefficient (Wildman–Crippen LogP) is 2.62. The molecule has 0 aliphatic rings. The first kappa shape index (κ1) is 11.2. The van der Waals surface area contributed by atoms with Crippen LogP contribution in [0, 0.1) is 11.3 Å². The molecule has 0 aromatic heterocycles. The molecule has 2 rings (SSSR count). The van der Waals surface area contributed by atoms with Gasteiger partial charge in [-0.05, 0) is 22.4 Å². The molecule has 0 N–H and O–H groups in total. The van der Waals surface area contributed by atoms with E-state index in [-0.39, 0.29) is 0 Å². The third kappa shape index (κ3) is 2.11.